The van der Waals surface area contributed by atoms with Crippen LogP contribution in [-0.2, 0) is 11.2 Å². The molecule has 4 nitrogen and oxygen atoms in total. The number of hydrogen-bond donors (Lipinski definition) is 0. The third kappa shape index (κ3) is 4.98. The van der Waals surface area contributed by atoms with Crippen molar-refractivity contribution in [3.63, 3.8) is 0 Å². The number of nitrogens with zero attached hydrogens (tertiary/aromatic N) is 3. The highest BCUT2D eigenvalue weighted by Crippen LogP contribution is 2.27. The van der Waals surface area contributed by atoms with Crippen molar-refractivity contribution in [3.8, 4) is 0 Å². The molecule has 1 aliphatic carbocycles. The first-order valence-electron chi connectivity index (χ1n) is 10.5. The van der Waals surface area contributed by atoms with Crippen molar-refractivity contribution < 1.29 is 9.18 Å². The van der Waals surface area contributed by atoms with Crippen LogP contribution in [0.5, 0.6) is 0 Å². The van der Waals surface area contributed by atoms with Crippen LogP contribution >= 0.6 is 11.8 Å². The van der Waals surface area contributed by atoms with Crippen molar-refractivity contribution in [2.75, 3.05) is 12.8 Å². The van der Waals surface area contributed by atoms with Crippen LogP contribution in [0.3, 0.4) is 0 Å². The summed E-state index contributed by atoms with van der Waals surface area (Å²) in [5, 5.41) is 0.767. The summed E-state index contributed by atoms with van der Waals surface area (Å²) >= 11 is 1.45. The lowest BCUT2D eigenvalue weighted by atomic mass is 9.94. The molecule has 1 aromatic heterocycles. The number of fused-ring (bicyclic) bond motifs is 1. The summed E-state index contributed by atoms with van der Waals surface area (Å²) in [6, 6.07) is 14.6. The topological polar surface area (TPSA) is 46.1 Å². The van der Waals surface area contributed by atoms with Gasteiger partial charge in [-0.15, -0.1) is 0 Å². The average molecular weight is 424 g/mol. The van der Waals surface area contributed by atoms with Gasteiger partial charge in [0.25, 0.3) is 0 Å². The Labute approximate surface area is 180 Å². The van der Waals surface area contributed by atoms with E-state index in [4.69, 9.17) is 9.97 Å². The molecular weight excluding hydrogens is 397 g/mol. The molecule has 1 heterocycles. The Hall–Kier alpha value is -2.47. The predicted octanol–water partition coefficient (Wildman–Crippen LogP) is 5.24. The van der Waals surface area contributed by atoms with Crippen LogP contribution < -0.4 is 0 Å². The number of hydrogen-bond acceptors (Lipinski definition) is 4. The number of carbonyl (C=O) groups excluding carboxylic acids is 1. The molecule has 156 valence electrons. The van der Waals surface area contributed by atoms with Crippen LogP contribution in [0.4, 0.5) is 4.39 Å². The minimum atomic E-state index is -0.255. The van der Waals surface area contributed by atoms with E-state index >= 15 is 0 Å². The number of rotatable bonds is 6. The zero-order chi connectivity index (χ0) is 20.9. The van der Waals surface area contributed by atoms with Crippen molar-refractivity contribution in [1.82, 2.24) is 14.9 Å². The predicted molar refractivity (Wildman–Crippen MR) is 119 cm³/mol. The maximum atomic E-state index is 13.3. The number of carbonyl (C=O) groups is 1. The highest BCUT2D eigenvalue weighted by Gasteiger charge is 2.22. The fourth-order valence-corrected chi connectivity index (χ4v) is 4.86. The van der Waals surface area contributed by atoms with Gasteiger partial charge in [0.05, 0.1) is 22.5 Å². The third-order valence-electron chi connectivity index (χ3n) is 5.74. The van der Waals surface area contributed by atoms with Gasteiger partial charge >= 0.3 is 0 Å². The molecule has 3 aromatic rings. The molecule has 30 heavy (non-hydrogen) atoms. The molecule has 0 bridgehead atoms. The molecule has 4 rings (SSSR count). The van der Waals surface area contributed by atoms with Gasteiger partial charge in [-0.25, -0.2) is 14.4 Å². The van der Waals surface area contributed by atoms with Crippen molar-refractivity contribution in [1.29, 1.82) is 0 Å². The lowest BCUT2D eigenvalue weighted by molar-refractivity contribution is -0.129. The van der Waals surface area contributed by atoms with Crippen molar-refractivity contribution in [3.05, 3.63) is 65.6 Å². The quantitative estimate of drug-likeness (QED) is 0.509. The molecule has 1 aliphatic rings. The van der Waals surface area contributed by atoms with Gasteiger partial charge in [0.1, 0.15) is 10.8 Å². The standard InChI is InChI=1S/C24H26FN3OS/c1-28(19-7-3-2-4-8-19)23(29)16-30-24-22(15-17-11-13-18(25)14-12-17)26-20-9-5-6-10-21(20)27-24/h5-6,9-14,19H,2-4,7-8,15-16H2,1H3. The van der Waals surface area contributed by atoms with Crippen LogP contribution in [0.25, 0.3) is 11.0 Å². The van der Waals surface area contributed by atoms with Crippen molar-refractivity contribution >= 4 is 28.7 Å². The zero-order valence-electron chi connectivity index (χ0n) is 17.2. The molecule has 6 heteroatoms. The van der Waals surface area contributed by atoms with E-state index in [1.807, 2.05) is 36.2 Å². The van der Waals surface area contributed by atoms with Gasteiger partial charge in [0.2, 0.25) is 5.91 Å². The van der Waals surface area contributed by atoms with Crippen LogP contribution in [0, 0.1) is 5.82 Å². The smallest absolute Gasteiger partial charge is 0.232 e. The first-order chi connectivity index (χ1) is 14.6. The Bertz CT molecular complexity index is 1020. The lowest BCUT2D eigenvalue weighted by Crippen LogP contribution is -2.39. The Balaban J connectivity index is 1.53. The van der Waals surface area contributed by atoms with Gasteiger partial charge in [0, 0.05) is 19.5 Å². The van der Waals surface area contributed by atoms with Gasteiger partial charge in [-0.2, -0.15) is 0 Å². The van der Waals surface area contributed by atoms with E-state index in [0.29, 0.717) is 18.2 Å². The SMILES string of the molecule is CN(C(=O)CSc1nc2ccccc2nc1Cc1ccc(F)cc1)C1CCCCC1. The number of para-hydroxylation sites is 2. The Morgan fingerprint density at radius 1 is 1.03 bits per heavy atom. The van der Waals surface area contributed by atoms with E-state index in [-0.39, 0.29) is 11.7 Å². The Morgan fingerprint density at radius 3 is 2.40 bits per heavy atom. The highest BCUT2D eigenvalue weighted by atomic mass is 32.2. The highest BCUT2D eigenvalue weighted by molar-refractivity contribution is 7.99. The van der Waals surface area contributed by atoms with E-state index in [1.54, 1.807) is 12.1 Å². The van der Waals surface area contributed by atoms with Crippen LogP contribution in [0.2, 0.25) is 0 Å². The summed E-state index contributed by atoms with van der Waals surface area (Å²) in [6.07, 6.45) is 6.41. The van der Waals surface area contributed by atoms with E-state index < -0.39 is 0 Å². The molecule has 1 fully saturated rings. The zero-order valence-corrected chi connectivity index (χ0v) is 18.0. The summed E-state index contributed by atoms with van der Waals surface area (Å²) in [7, 11) is 1.92. The molecule has 0 atom stereocenters. The van der Waals surface area contributed by atoms with Crippen LogP contribution in [0.1, 0.15) is 43.4 Å². The Kier molecular flexibility index (Phi) is 6.62. The Morgan fingerprint density at radius 2 is 1.70 bits per heavy atom. The second-order valence-electron chi connectivity index (χ2n) is 7.85. The monoisotopic (exact) mass is 423 g/mol. The number of halogens is 1. The minimum absolute atomic E-state index is 0.134. The minimum Gasteiger partial charge on any atom is -0.342 e. The van der Waals surface area contributed by atoms with Gasteiger partial charge in [0.15, 0.2) is 0 Å². The second kappa shape index (κ2) is 9.56. The molecule has 2 aromatic carbocycles. The van der Waals surface area contributed by atoms with Crippen LogP contribution in [0.15, 0.2) is 53.6 Å². The largest absolute Gasteiger partial charge is 0.342 e. The second-order valence-corrected chi connectivity index (χ2v) is 8.82. The molecule has 1 amide bonds. The van der Waals surface area contributed by atoms with Gasteiger partial charge in [-0.3, -0.25) is 4.79 Å². The van der Waals surface area contributed by atoms with Gasteiger partial charge in [-0.1, -0.05) is 55.3 Å². The van der Waals surface area contributed by atoms with Crippen molar-refractivity contribution in [2.45, 2.75) is 49.6 Å². The number of amides is 1. The molecule has 0 unspecified atom stereocenters. The summed E-state index contributed by atoms with van der Waals surface area (Å²) in [5.74, 6) is 0.222. The maximum absolute atomic E-state index is 13.3. The van der Waals surface area contributed by atoms with Gasteiger partial charge in [-0.05, 0) is 42.7 Å². The number of aromatic nitrogens is 2. The van der Waals surface area contributed by atoms with E-state index in [0.717, 1.165) is 40.2 Å². The summed E-state index contributed by atoms with van der Waals surface area (Å²) in [5.41, 5.74) is 3.42. The lowest BCUT2D eigenvalue weighted by Gasteiger charge is -2.31. The fraction of sp³-hybridized carbons (Fsp3) is 0.375. The van der Waals surface area contributed by atoms with E-state index in [9.17, 15) is 9.18 Å². The summed E-state index contributed by atoms with van der Waals surface area (Å²) in [4.78, 5) is 24.3. The summed E-state index contributed by atoms with van der Waals surface area (Å²) < 4.78 is 13.3. The van der Waals surface area contributed by atoms with Crippen molar-refractivity contribution in [2.24, 2.45) is 0 Å². The number of benzene rings is 2. The number of thioether (sulfide) groups is 1. The van der Waals surface area contributed by atoms with E-state index in [1.165, 1.54) is 43.2 Å². The fourth-order valence-electron chi connectivity index (χ4n) is 3.95. The summed E-state index contributed by atoms with van der Waals surface area (Å²) in [6.45, 7) is 0. The first kappa shape index (κ1) is 20.8. The van der Waals surface area contributed by atoms with E-state index in [2.05, 4.69) is 0 Å². The molecule has 0 saturated heterocycles. The molecule has 0 aliphatic heterocycles. The molecule has 0 spiro atoms. The molecule has 1 saturated carbocycles. The normalized spacial score (nSPS) is 14.7. The first-order valence-corrected chi connectivity index (χ1v) is 11.5. The molecule has 0 N–H and O–H groups in total. The average Bonchev–Trinajstić information content (AvgIpc) is 2.79. The maximum Gasteiger partial charge on any atom is 0.232 e. The van der Waals surface area contributed by atoms with Gasteiger partial charge < -0.3 is 4.90 Å². The molecular formula is C24H26FN3OS. The molecule has 0 radical (unpaired) electrons. The third-order valence-corrected chi connectivity index (χ3v) is 6.73. The van der Waals surface area contributed by atoms with Crippen LogP contribution in [-0.4, -0.2) is 39.6 Å².